The number of rotatable bonds is 22. The van der Waals surface area contributed by atoms with E-state index in [4.69, 9.17) is 33.2 Å². The van der Waals surface area contributed by atoms with Crippen LogP contribution < -0.4 is 0 Å². The lowest BCUT2D eigenvalue weighted by Gasteiger charge is -2.12. The van der Waals surface area contributed by atoms with Crippen molar-refractivity contribution in [2.75, 3.05) is 85.9 Å². The number of hydroxylamine groups is 2. The van der Waals surface area contributed by atoms with Crippen LogP contribution in [0.4, 0.5) is 0 Å². The highest BCUT2D eigenvalue weighted by Crippen LogP contribution is 2.11. The molecule has 0 unspecified atom stereocenters. The molecule has 0 aromatic rings. The molecule has 0 radical (unpaired) electrons. The van der Waals surface area contributed by atoms with Crippen molar-refractivity contribution in [1.29, 1.82) is 0 Å². The molecule has 194 valence electrons. The molecule has 0 aliphatic carbocycles. The van der Waals surface area contributed by atoms with Gasteiger partial charge in [0.05, 0.1) is 72.7 Å². The van der Waals surface area contributed by atoms with E-state index in [1.165, 1.54) is 0 Å². The van der Waals surface area contributed by atoms with Crippen LogP contribution >= 0.6 is 0 Å². The molecule has 1 saturated heterocycles. The second-order valence-electron chi connectivity index (χ2n) is 6.53. The lowest BCUT2D eigenvalue weighted by Crippen LogP contribution is -2.33. The number of amides is 2. The third-order valence-electron chi connectivity index (χ3n) is 3.92. The summed E-state index contributed by atoms with van der Waals surface area (Å²) >= 11 is 0. The topological polar surface area (TPSA) is 145 Å². The average Bonchev–Trinajstić information content (AvgIpc) is 3.14. The summed E-state index contributed by atoms with van der Waals surface area (Å²) in [6.07, 6.45) is 1.18. The Kier molecular flexibility index (Phi) is 17.4. The molecule has 0 aromatic carbocycles. The van der Waals surface area contributed by atoms with Crippen molar-refractivity contribution < 1.29 is 57.2 Å². The number of ether oxygens (including phenoxy) is 7. The maximum absolute atomic E-state index is 11.5. The van der Waals surface area contributed by atoms with E-state index in [1.54, 1.807) is 0 Å². The van der Waals surface area contributed by atoms with Gasteiger partial charge < -0.3 is 38.0 Å². The van der Waals surface area contributed by atoms with Crippen LogP contribution in [-0.2, 0) is 57.2 Å². The minimum Gasteiger partial charge on any atom is -0.460 e. The van der Waals surface area contributed by atoms with Crippen molar-refractivity contribution in [3.05, 3.63) is 12.7 Å². The second kappa shape index (κ2) is 20.0. The zero-order chi connectivity index (χ0) is 24.9. The summed E-state index contributed by atoms with van der Waals surface area (Å²) in [4.78, 5) is 49.6. The highest BCUT2D eigenvalue weighted by atomic mass is 16.7. The van der Waals surface area contributed by atoms with E-state index in [2.05, 4.69) is 11.4 Å². The van der Waals surface area contributed by atoms with E-state index in [9.17, 15) is 19.2 Å². The van der Waals surface area contributed by atoms with Gasteiger partial charge in [-0.25, -0.2) is 9.59 Å². The fraction of sp³-hybridized carbons (Fsp3) is 0.714. The zero-order valence-corrected chi connectivity index (χ0v) is 19.2. The molecule has 0 atom stereocenters. The maximum atomic E-state index is 11.5. The van der Waals surface area contributed by atoms with Gasteiger partial charge in [0.15, 0.2) is 0 Å². The van der Waals surface area contributed by atoms with Gasteiger partial charge in [0.1, 0.15) is 13.2 Å². The van der Waals surface area contributed by atoms with Crippen molar-refractivity contribution in [2.45, 2.75) is 12.8 Å². The number of nitrogens with zero attached hydrogens (tertiary/aromatic N) is 1. The van der Waals surface area contributed by atoms with Gasteiger partial charge >= 0.3 is 11.9 Å². The number of carbonyl (C=O) groups excluding carboxylic acids is 4. The SMILES string of the molecule is C=CC(=O)OCCOCCOCCOCCOCCOCCOCC(=O)ON1C(=O)CCC1=O. The Morgan fingerprint density at radius 3 is 1.47 bits per heavy atom. The molecule has 2 amide bonds. The van der Waals surface area contributed by atoms with Gasteiger partial charge in [0.2, 0.25) is 0 Å². The molecule has 34 heavy (non-hydrogen) atoms. The molecule has 0 N–H and O–H groups in total. The fourth-order valence-electron chi connectivity index (χ4n) is 2.30. The van der Waals surface area contributed by atoms with Crippen molar-refractivity contribution in [3.8, 4) is 0 Å². The van der Waals surface area contributed by atoms with Gasteiger partial charge in [-0.2, -0.15) is 0 Å². The quantitative estimate of drug-likeness (QED) is 0.0826. The molecule has 1 aliphatic heterocycles. The first-order chi connectivity index (χ1) is 16.5. The monoisotopic (exact) mass is 491 g/mol. The maximum Gasteiger partial charge on any atom is 0.358 e. The third kappa shape index (κ3) is 15.4. The molecule has 1 aliphatic rings. The van der Waals surface area contributed by atoms with E-state index in [-0.39, 0.29) is 32.7 Å². The fourth-order valence-corrected chi connectivity index (χ4v) is 2.30. The molecule has 0 saturated carbocycles. The van der Waals surface area contributed by atoms with Crippen LogP contribution in [0.25, 0.3) is 0 Å². The largest absolute Gasteiger partial charge is 0.460 e. The Labute approximate surface area is 198 Å². The van der Waals surface area contributed by atoms with Crippen LogP contribution in [-0.4, -0.2) is 115 Å². The Bertz CT molecular complexity index is 611. The third-order valence-corrected chi connectivity index (χ3v) is 3.92. The Morgan fingerprint density at radius 2 is 1.06 bits per heavy atom. The smallest absolute Gasteiger partial charge is 0.358 e. The number of imide groups is 1. The Hall–Kier alpha value is -2.42. The summed E-state index contributed by atoms with van der Waals surface area (Å²) in [5.74, 6) is -2.38. The van der Waals surface area contributed by atoms with E-state index < -0.39 is 30.4 Å². The molecule has 1 heterocycles. The van der Waals surface area contributed by atoms with E-state index in [0.717, 1.165) is 6.08 Å². The number of esters is 1. The summed E-state index contributed by atoms with van der Waals surface area (Å²) in [5, 5.41) is 0.474. The number of carbonyl (C=O) groups is 4. The van der Waals surface area contributed by atoms with Gasteiger partial charge in [-0.3, -0.25) is 9.59 Å². The van der Waals surface area contributed by atoms with Crippen LogP contribution in [0.15, 0.2) is 12.7 Å². The predicted molar refractivity (Wildman–Crippen MR) is 113 cm³/mol. The summed E-state index contributed by atoms with van der Waals surface area (Å²) < 4.78 is 36.3. The lowest BCUT2D eigenvalue weighted by atomic mass is 10.4. The van der Waals surface area contributed by atoms with Crippen LogP contribution in [0, 0.1) is 0 Å². The Balaban J connectivity index is 1.74. The van der Waals surface area contributed by atoms with Gasteiger partial charge in [-0.15, -0.1) is 5.06 Å². The van der Waals surface area contributed by atoms with E-state index in [0.29, 0.717) is 64.5 Å². The predicted octanol–water partition coefficient (Wildman–Crippen LogP) is -0.578. The molecule has 1 fully saturated rings. The van der Waals surface area contributed by atoms with Crippen LogP contribution in [0.5, 0.6) is 0 Å². The molecular formula is C21H33NO12. The molecule has 1 rings (SSSR count). The van der Waals surface area contributed by atoms with Crippen LogP contribution in [0.1, 0.15) is 12.8 Å². The number of hydrogen-bond acceptors (Lipinski definition) is 12. The second-order valence-corrected chi connectivity index (χ2v) is 6.53. The molecule has 13 heteroatoms. The first-order valence-corrected chi connectivity index (χ1v) is 10.9. The van der Waals surface area contributed by atoms with Crippen molar-refractivity contribution in [3.63, 3.8) is 0 Å². The summed E-state index contributed by atoms with van der Waals surface area (Å²) in [5.41, 5.74) is 0. The van der Waals surface area contributed by atoms with Crippen molar-refractivity contribution >= 4 is 23.8 Å². The minimum absolute atomic E-state index is 0.0412. The van der Waals surface area contributed by atoms with Gasteiger partial charge in [0, 0.05) is 18.9 Å². The normalized spacial score (nSPS) is 13.4. The highest BCUT2D eigenvalue weighted by Gasteiger charge is 2.32. The van der Waals surface area contributed by atoms with Gasteiger partial charge in [-0.1, -0.05) is 6.58 Å². The van der Waals surface area contributed by atoms with E-state index in [1.807, 2.05) is 0 Å². The summed E-state index contributed by atoms with van der Waals surface area (Å²) in [6.45, 7) is 6.98. The lowest BCUT2D eigenvalue weighted by molar-refractivity contribution is -0.200. The standard InChI is InChI=1S/C21H33NO12/c1-2-20(25)33-16-15-31-12-11-29-8-7-27-5-6-28-9-10-30-13-14-32-17-21(26)34-22-18(23)3-4-19(22)24/h2H,1,3-17H2. The molecule has 0 bridgehead atoms. The molecule has 0 aromatic heterocycles. The molecule has 13 nitrogen and oxygen atoms in total. The Morgan fingerprint density at radius 1 is 0.676 bits per heavy atom. The van der Waals surface area contributed by atoms with Crippen molar-refractivity contribution in [2.24, 2.45) is 0 Å². The van der Waals surface area contributed by atoms with Crippen LogP contribution in [0.2, 0.25) is 0 Å². The van der Waals surface area contributed by atoms with Gasteiger partial charge in [0.25, 0.3) is 11.8 Å². The zero-order valence-electron chi connectivity index (χ0n) is 19.2. The molecule has 0 spiro atoms. The summed E-state index contributed by atoms with van der Waals surface area (Å²) in [6, 6.07) is 0. The first kappa shape index (κ1) is 29.6. The van der Waals surface area contributed by atoms with E-state index >= 15 is 0 Å². The average molecular weight is 491 g/mol. The van der Waals surface area contributed by atoms with Crippen LogP contribution in [0.3, 0.4) is 0 Å². The minimum atomic E-state index is -0.825. The summed E-state index contributed by atoms with van der Waals surface area (Å²) in [7, 11) is 0. The first-order valence-electron chi connectivity index (χ1n) is 10.9. The number of hydrogen-bond donors (Lipinski definition) is 0. The molecular weight excluding hydrogens is 458 g/mol. The van der Waals surface area contributed by atoms with Crippen molar-refractivity contribution in [1.82, 2.24) is 5.06 Å². The van der Waals surface area contributed by atoms with Gasteiger partial charge in [-0.05, 0) is 0 Å². The highest BCUT2D eigenvalue weighted by molar-refractivity contribution is 6.01.